The van der Waals surface area contributed by atoms with Crippen molar-refractivity contribution in [2.75, 3.05) is 14.2 Å². The Morgan fingerprint density at radius 3 is 2.48 bits per heavy atom. The van der Waals surface area contributed by atoms with Crippen LogP contribution in [0, 0.1) is 17.3 Å². The molecule has 1 saturated carbocycles. The normalized spacial score (nSPS) is 36.6. The summed E-state index contributed by atoms with van der Waals surface area (Å²) in [7, 11) is 3.14. The molecule has 0 amide bonds. The number of ether oxygens (including phenoxy) is 2. The van der Waals surface area contributed by atoms with Crippen LogP contribution < -0.4 is 0 Å². The molecule has 0 heterocycles. The third kappa shape index (κ3) is 2.34. The first-order chi connectivity index (χ1) is 9.83. The van der Waals surface area contributed by atoms with Crippen LogP contribution in [0.3, 0.4) is 0 Å². The van der Waals surface area contributed by atoms with Crippen LogP contribution in [0.2, 0.25) is 0 Å². The van der Waals surface area contributed by atoms with Crippen molar-refractivity contribution in [3.8, 4) is 0 Å². The van der Waals surface area contributed by atoms with Crippen molar-refractivity contribution in [1.82, 2.24) is 0 Å². The lowest BCUT2D eigenvalue weighted by Crippen LogP contribution is -2.58. The molecule has 2 aliphatic carbocycles. The van der Waals surface area contributed by atoms with Crippen molar-refractivity contribution in [2.45, 2.75) is 65.4 Å². The SMILES string of the molecule is COC(=O)C1(OC)CCCC2(C)C(C)=C(C(C)C)CCC21. The molecule has 120 valence electrons. The van der Waals surface area contributed by atoms with E-state index in [0.717, 1.165) is 32.1 Å². The van der Waals surface area contributed by atoms with Gasteiger partial charge in [-0.2, -0.15) is 0 Å². The molecule has 0 aromatic carbocycles. The maximum absolute atomic E-state index is 12.5. The molecule has 2 aliphatic rings. The summed E-state index contributed by atoms with van der Waals surface area (Å²) < 4.78 is 10.9. The van der Waals surface area contributed by atoms with Crippen molar-refractivity contribution >= 4 is 5.97 Å². The minimum Gasteiger partial charge on any atom is -0.467 e. The first-order valence-electron chi connectivity index (χ1n) is 8.17. The molecule has 0 aliphatic heterocycles. The zero-order valence-electron chi connectivity index (χ0n) is 14.4. The molecule has 0 spiro atoms. The summed E-state index contributed by atoms with van der Waals surface area (Å²) >= 11 is 0. The highest BCUT2D eigenvalue weighted by Crippen LogP contribution is 2.58. The van der Waals surface area contributed by atoms with Crippen molar-refractivity contribution < 1.29 is 14.3 Å². The maximum Gasteiger partial charge on any atom is 0.338 e. The summed E-state index contributed by atoms with van der Waals surface area (Å²) in [4.78, 5) is 12.5. The van der Waals surface area contributed by atoms with E-state index in [-0.39, 0.29) is 17.3 Å². The van der Waals surface area contributed by atoms with E-state index in [2.05, 4.69) is 27.7 Å². The van der Waals surface area contributed by atoms with Gasteiger partial charge in [0.05, 0.1) is 7.11 Å². The summed E-state index contributed by atoms with van der Waals surface area (Å²) in [6, 6.07) is 0. The van der Waals surface area contributed by atoms with Crippen LogP contribution in [0.5, 0.6) is 0 Å². The van der Waals surface area contributed by atoms with Crippen molar-refractivity contribution in [2.24, 2.45) is 17.3 Å². The molecule has 0 bridgehead atoms. The average molecular weight is 294 g/mol. The first kappa shape index (κ1) is 16.5. The van der Waals surface area contributed by atoms with E-state index >= 15 is 0 Å². The van der Waals surface area contributed by atoms with Crippen LogP contribution in [-0.4, -0.2) is 25.8 Å². The van der Waals surface area contributed by atoms with E-state index in [0.29, 0.717) is 5.92 Å². The van der Waals surface area contributed by atoms with Gasteiger partial charge in [0.2, 0.25) is 0 Å². The number of rotatable bonds is 3. The zero-order valence-corrected chi connectivity index (χ0v) is 14.4. The van der Waals surface area contributed by atoms with Gasteiger partial charge in [-0.05, 0) is 50.4 Å². The number of allylic oxidation sites excluding steroid dienone is 2. The van der Waals surface area contributed by atoms with E-state index in [1.807, 2.05) is 0 Å². The number of esters is 1. The molecule has 0 aromatic heterocycles. The second-order valence-corrected chi connectivity index (χ2v) is 7.25. The van der Waals surface area contributed by atoms with Crippen LogP contribution in [0.25, 0.3) is 0 Å². The number of methoxy groups -OCH3 is 2. The Labute approximate surface area is 129 Å². The van der Waals surface area contributed by atoms with Gasteiger partial charge in [-0.25, -0.2) is 4.79 Å². The molecule has 0 aromatic rings. The highest BCUT2D eigenvalue weighted by Gasteiger charge is 2.58. The summed E-state index contributed by atoms with van der Waals surface area (Å²) in [5, 5.41) is 0. The number of fused-ring (bicyclic) bond motifs is 1. The van der Waals surface area contributed by atoms with Gasteiger partial charge in [-0.15, -0.1) is 0 Å². The van der Waals surface area contributed by atoms with Gasteiger partial charge >= 0.3 is 5.97 Å². The largest absolute Gasteiger partial charge is 0.467 e. The molecule has 0 N–H and O–H groups in total. The molecule has 3 nitrogen and oxygen atoms in total. The quantitative estimate of drug-likeness (QED) is 0.580. The molecule has 0 radical (unpaired) electrons. The molecule has 2 rings (SSSR count). The lowest BCUT2D eigenvalue weighted by atomic mass is 9.52. The highest BCUT2D eigenvalue weighted by atomic mass is 16.6. The molecular weight excluding hydrogens is 264 g/mol. The molecule has 1 fully saturated rings. The second-order valence-electron chi connectivity index (χ2n) is 7.25. The average Bonchev–Trinajstić information content (AvgIpc) is 2.46. The van der Waals surface area contributed by atoms with Gasteiger partial charge in [-0.3, -0.25) is 0 Å². The molecule has 3 atom stereocenters. The van der Waals surface area contributed by atoms with Gasteiger partial charge in [0.15, 0.2) is 5.60 Å². The second kappa shape index (κ2) is 5.75. The molecule has 3 unspecified atom stereocenters. The summed E-state index contributed by atoms with van der Waals surface area (Å²) in [5.41, 5.74) is 2.36. The molecular formula is C18H30O3. The Morgan fingerprint density at radius 1 is 1.29 bits per heavy atom. The lowest BCUT2D eigenvalue weighted by Gasteiger charge is -2.54. The van der Waals surface area contributed by atoms with E-state index < -0.39 is 5.60 Å². The predicted molar refractivity (Wildman–Crippen MR) is 84.0 cm³/mol. The van der Waals surface area contributed by atoms with E-state index in [9.17, 15) is 4.79 Å². The van der Waals surface area contributed by atoms with Crippen LogP contribution in [0.15, 0.2) is 11.1 Å². The van der Waals surface area contributed by atoms with Gasteiger partial charge in [0, 0.05) is 13.0 Å². The van der Waals surface area contributed by atoms with E-state index in [4.69, 9.17) is 9.47 Å². The summed E-state index contributed by atoms with van der Waals surface area (Å²) in [6.07, 6.45) is 5.03. The Hall–Kier alpha value is -0.830. The third-order valence-corrected chi connectivity index (χ3v) is 6.21. The maximum atomic E-state index is 12.5. The number of hydrogen-bond acceptors (Lipinski definition) is 3. The molecule has 0 saturated heterocycles. The fourth-order valence-corrected chi connectivity index (χ4v) is 4.90. The lowest BCUT2D eigenvalue weighted by molar-refractivity contribution is -0.189. The van der Waals surface area contributed by atoms with Crippen molar-refractivity contribution in [3.05, 3.63) is 11.1 Å². The highest BCUT2D eigenvalue weighted by molar-refractivity contribution is 5.80. The minimum atomic E-state index is -0.758. The van der Waals surface area contributed by atoms with Gasteiger partial charge < -0.3 is 9.47 Å². The Balaban J connectivity index is 2.50. The van der Waals surface area contributed by atoms with Crippen molar-refractivity contribution in [3.63, 3.8) is 0 Å². The number of hydrogen-bond donors (Lipinski definition) is 0. The minimum absolute atomic E-state index is 0.0559. The van der Waals surface area contributed by atoms with E-state index in [1.54, 1.807) is 12.7 Å². The monoisotopic (exact) mass is 294 g/mol. The van der Waals surface area contributed by atoms with Gasteiger partial charge in [0.1, 0.15) is 0 Å². The van der Waals surface area contributed by atoms with Gasteiger partial charge in [0.25, 0.3) is 0 Å². The van der Waals surface area contributed by atoms with Crippen LogP contribution in [-0.2, 0) is 14.3 Å². The fraction of sp³-hybridized carbons (Fsp3) is 0.833. The standard InChI is InChI=1S/C18H30O3/c1-12(2)14-8-9-15-17(4,13(14)3)10-7-11-18(15,21-6)16(19)20-5/h12,15H,7-11H2,1-6H3. The smallest absolute Gasteiger partial charge is 0.338 e. The van der Waals surface area contributed by atoms with Crippen LogP contribution in [0.4, 0.5) is 0 Å². The Kier molecular flexibility index (Phi) is 4.53. The summed E-state index contributed by atoms with van der Waals surface area (Å²) in [5.74, 6) is 0.611. The van der Waals surface area contributed by atoms with Gasteiger partial charge in [-0.1, -0.05) is 31.9 Å². The first-order valence-corrected chi connectivity index (χ1v) is 8.17. The topological polar surface area (TPSA) is 35.5 Å². The predicted octanol–water partition coefficient (Wildman–Crippen LogP) is 4.12. The Bertz CT molecular complexity index is 451. The van der Waals surface area contributed by atoms with Crippen LogP contribution in [0.1, 0.15) is 59.8 Å². The fourth-order valence-electron chi connectivity index (χ4n) is 4.90. The molecule has 3 heteroatoms. The van der Waals surface area contributed by atoms with E-state index in [1.165, 1.54) is 12.7 Å². The van der Waals surface area contributed by atoms with Crippen molar-refractivity contribution in [1.29, 1.82) is 0 Å². The van der Waals surface area contributed by atoms with Crippen LogP contribution >= 0.6 is 0 Å². The number of carbonyl (C=O) groups excluding carboxylic acids is 1. The summed E-state index contributed by atoms with van der Waals surface area (Å²) in [6.45, 7) is 9.14. The number of carbonyl (C=O) groups is 1. The molecule has 21 heavy (non-hydrogen) atoms. The third-order valence-electron chi connectivity index (χ3n) is 6.21. The Morgan fingerprint density at radius 2 is 1.95 bits per heavy atom. The zero-order chi connectivity index (χ0) is 15.8.